The second-order valence-corrected chi connectivity index (χ2v) is 6.60. The second-order valence-electron chi connectivity index (χ2n) is 5.35. The lowest BCUT2D eigenvalue weighted by Gasteiger charge is -2.14. The van der Waals surface area contributed by atoms with E-state index in [4.69, 9.17) is 34.8 Å². The van der Waals surface area contributed by atoms with E-state index in [0.717, 1.165) is 4.90 Å². The molecular weight excluding hydrogens is 387 g/mol. The minimum Gasteiger partial charge on any atom is -0.323 e. The van der Waals surface area contributed by atoms with E-state index in [1.807, 2.05) is 0 Å². The van der Waals surface area contributed by atoms with Crippen molar-refractivity contribution in [3.63, 3.8) is 0 Å². The van der Waals surface area contributed by atoms with Crippen molar-refractivity contribution in [2.45, 2.75) is 6.42 Å². The van der Waals surface area contributed by atoms with E-state index in [0.29, 0.717) is 16.1 Å². The van der Waals surface area contributed by atoms with E-state index < -0.39 is 17.7 Å². The minimum atomic E-state index is -0.428. The maximum absolute atomic E-state index is 12.2. The van der Waals surface area contributed by atoms with Crippen LogP contribution in [0.2, 0.25) is 15.1 Å². The first-order valence-electron chi connectivity index (χ1n) is 7.28. The Morgan fingerprint density at radius 2 is 1.48 bits per heavy atom. The number of carbonyl (C=O) groups excluding carboxylic acids is 3. The highest BCUT2D eigenvalue weighted by molar-refractivity contribution is 6.42. The van der Waals surface area contributed by atoms with Crippen molar-refractivity contribution in [1.29, 1.82) is 0 Å². The van der Waals surface area contributed by atoms with Gasteiger partial charge in [-0.05, 0) is 24.3 Å². The maximum Gasteiger partial charge on any atom is 0.261 e. The van der Waals surface area contributed by atoms with Crippen LogP contribution in [0, 0.1) is 0 Å². The fourth-order valence-electron chi connectivity index (χ4n) is 2.52. The Bertz CT molecular complexity index is 840. The minimum absolute atomic E-state index is 0.0407. The first kappa shape index (κ1) is 17.7. The van der Waals surface area contributed by atoms with Crippen molar-refractivity contribution in [2.24, 2.45) is 0 Å². The highest BCUT2D eigenvalue weighted by atomic mass is 35.5. The van der Waals surface area contributed by atoms with Crippen molar-refractivity contribution in [3.05, 3.63) is 62.6 Å². The normalized spacial score (nSPS) is 13.2. The predicted octanol–water partition coefficient (Wildman–Crippen LogP) is 4.27. The molecule has 0 bridgehead atoms. The number of rotatable bonds is 4. The summed E-state index contributed by atoms with van der Waals surface area (Å²) in [7, 11) is 0. The van der Waals surface area contributed by atoms with E-state index in [1.165, 1.54) is 12.1 Å². The molecule has 0 aromatic heterocycles. The Balaban J connectivity index is 1.66. The molecule has 1 aliphatic rings. The molecule has 0 fully saturated rings. The van der Waals surface area contributed by atoms with Gasteiger partial charge in [0.05, 0.1) is 26.9 Å². The number of fused-ring (bicyclic) bond motifs is 1. The number of imide groups is 1. The Labute approximate surface area is 158 Å². The Kier molecular flexibility index (Phi) is 4.99. The molecule has 1 aliphatic heterocycles. The van der Waals surface area contributed by atoms with Gasteiger partial charge >= 0.3 is 0 Å². The Morgan fingerprint density at radius 1 is 0.960 bits per heavy atom. The van der Waals surface area contributed by atoms with Gasteiger partial charge in [-0.15, -0.1) is 0 Å². The number of carbonyl (C=O) groups is 3. The fourth-order valence-corrected chi connectivity index (χ4v) is 3.43. The van der Waals surface area contributed by atoms with Crippen LogP contribution >= 0.6 is 34.8 Å². The second kappa shape index (κ2) is 7.04. The highest BCUT2D eigenvalue weighted by Gasteiger charge is 2.35. The molecule has 1 heterocycles. The maximum atomic E-state index is 12.2. The summed E-state index contributed by atoms with van der Waals surface area (Å²) in [6.45, 7) is -0.0407. The van der Waals surface area contributed by atoms with Gasteiger partial charge in [0.25, 0.3) is 11.8 Å². The third kappa shape index (κ3) is 3.49. The summed E-state index contributed by atoms with van der Waals surface area (Å²) in [5.41, 5.74) is 0.925. The zero-order valence-corrected chi connectivity index (χ0v) is 15.0. The van der Waals surface area contributed by atoms with Crippen molar-refractivity contribution >= 4 is 58.2 Å². The quantitative estimate of drug-likeness (QED) is 0.783. The molecule has 2 aromatic carbocycles. The van der Waals surface area contributed by atoms with Gasteiger partial charge in [0.15, 0.2) is 0 Å². The third-order valence-corrected chi connectivity index (χ3v) is 4.53. The average molecular weight is 398 g/mol. The summed E-state index contributed by atoms with van der Waals surface area (Å²) in [5.74, 6) is -1.24. The third-order valence-electron chi connectivity index (χ3n) is 3.71. The Hall–Kier alpha value is -2.08. The molecule has 3 rings (SSSR count). The molecule has 1 N–H and O–H groups in total. The van der Waals surface area contributed by atoms with Gasteiger partial charge in [-0.3, -0.25) is 19.3 Å². The van der Waals surface area contributed by atoms with Crippen molar-refractivity contribution in [1.82, 2.24) is 4.90 Å². The van der Waals surface area contributed by atoms with E-state index in [1.54, 1.807) is 24.3 Å². The summed E-state index contributed by atoms with van der Waals surface area (Å²) in [6, 6.07) is 9.45. The SMILES string of the molecule is O=C(CCN1C(=O)c2ccccc2C1=O)Nc1c(Cl)cc(Cl)cc1Cl. The number of nitrogens with one attached hydrogen (secondary N) is 1. The molecular formula is C17H11Cl3N2O3. The molecule has 5 nitrogen and oxygen atoms in total. The molecule has 0 saturated carbocycles. The van der Waals surface area contributed by atoms with Gasteiger partial charge in [-0.1, -0.05) is 46.9 Å². The van der Waals surface area contributed by atoms with Crippen LogP contribution in [-0.2, 0) is 4.79 Å². The molecule has 0 aliphatic carbocycles. The molecule has 25 heavy (non-hydrogen) atoms. The van der Waals surface area contributed by atoms with Gasteiger partial charge in [0, 0.05) is 18.0 Å². The van der Waals surface area contributed by atoms with Crippen molar-refractivity contribution in [3.8, 4) is 0 Å². The topological polar surface area (TPSA) is 66.5 Å². The van der Waals surface area contributed by atoms with Gasteiger partial charge < -0.3 is 5.32 Å². The number of nitrogens with zero attached hydrogens (tertiary/aromatic N) is 1. The van der Waals surface area contributed by atoms with Gasteiger partial charge in [0.1, 0.15) is 0 Å². The van der Waals surface area contributed by atoms with Crippen LogP contribution in [0.15, 0.2) is 36.4 Å². The zero-order chi connectivity index (χ0) is 18.1. The number of hydrogen-bond donors (Lipinski definition) is 1. The zero-order valence-electron chi connectivity index (χ0n) is 12.7. The summed E-state index contributed by atoms with van der Waals surface area (Å²) >= 11 is 17.8. The van der Waals surface area contributed by atoms with Crippen LogP contribution in [-0.4, -0.2) is 29.2 Å². The number of hydrogen-bond acceptors (Lipinski definition) is 3. The number of halogens is 3. The van der Waals surface area contributed by atoms with E-state index in [2.05, 4.69) is 5.32 Å². The van der Waals surface area contributed by atoms with E-state index in [-0.39, 0.29) is 28.7 Å². The average Bonchev–Trinajstić information content (AvgIpc) is 2.81. The van der Waals surface area contributed by atoms with Gasteiger partial charge in [0.2, 0.25) is 5.91 Å². The van der Waals surface area contributed by atoms with Crippen LogP contribution in [0.4, 0.5) is 5.69 Å². The summed E-state index contributed by atoms with van der Waals surface area (Å²) in [5, 5.41) is 3.32. The standard InChI is InChI=1S/C17H11Cl3N2O3/c18-9-7-12(19)15(13(20)8-9)21-14(23)5-6-22-16(24)10-3-1-2-4-11(10)17(22)25/h1-4,7-8H,5-6H2,(H,21,23). The number of benzene rings is 2. The predicted molar refractivity (Wildman–Crippen MR) is 96.5 cm³/mol. The lowest BCUT2D eigenvalue weighted by Crippen LogP contribution is -2.32. The number of amides is 3. The molecule has 8 heteroatoms. The number of anilines is 1. The smallest absolute Gasteiger partial charge is 0.261 e. The molecule has 0 spiro atoms. The molecule has 0 saturated heterocycles. The summed E-state index contributed by atoms with van der Waals surface area (Å²) < 4.78 is 0. The first-order chi connectivity index (χ1) is 11.9. The van der Waals surface area contributed by atoms with Crippen LogP contribution in [0.5, 0.6) is 0 Å². The van der Waals surface area contributed by atoms with E-state index >= 15 is 0 Å². The molecule has 2 aromatic rings. The summed E-state index contributed by atoms with van der Waals surface area (Å²) in [4.78, 5) is 37.7. The molecule has 128 valence electrons. The summed E-state index contributed by atoms with van der Waals surface area (Å²) in [6.07, 6.45) is -0.0826. The molecule has 3 amide bonds. The lowest BCUT2D eigenvalue weighted by molar-refractivity contribution is -0.116. The lowest BCUT2D eigenvalue weighted by atomic mass is 10.1. The first-order valence-corrected chi connectivity index (χ1v) is 8.41. The fraction of sp³-hybridized carbons (Fsp3) is 0.118. The van der Waals surface area contributed by atoms with Gasteiger partial charge in [-0.2, -0.15) is 0 Å². The van der Waals surface area contributed by atoms with E-state index in [9.17, 15) is 14.4 Å². The van der Waals surface area contributed by atoms with Crippen LogP contribution in [0.3, 0.4) is 0 Å². The molecule has 0 unspecified atom stereocenters. The highest BCUT2D eigenvalue weighted by Crippen LogP contribution is 2.33. The van der Waals surface area contributed by atoms with Crippen LogP contribution in [0.25, 0.3) is 0 Å². The van der Waals surface area contributed by atoms with Gasteiger partial charge in [-0.25, -0.2) is 0 Å². The Morgan fingerprint density at radius 3 is 2.00 bits per heavy atom. The molecule has 0 atom stereocenters. The van der Waals surface area contributed by atoms with Crippen molar-refractivity contribution in [2.75, 3.05) is 11.9 Å². The van der Waals surface area contributed by atoms with Crippen LogP contribution < -0.4 is 5.32 Å². The largest absolute Gasteiger partial charge is 0.323 e. The van der Waals surface area contributed by atoms with Crippen LogP contribution in [0.1, 0.15) is 27.1 Å². The molecule has 0 radical (unpaired) electrons. The van der Waals surface area contributed by atoms with Crippen molar-refractivity contribution < 1.29 is 14.4 Å². The monoisotopic (exact) mass is 396 g/mol.